The Morgan fingerprint density at radius 3 is 1.41 bits per heavy atom. The number of benzene rings is 8. The molecule has 6 heteroatoms. The predicted octanol–water partition coefficient (Wildman–Crippen LogP) is 13.2. The predicted molar refractivity (Wildman–Crippen MR) is 243 cm³/mol. The lowest BCUT2D eigenvalue weighted by atomic mass is 9.91. The van der Waals surface area contributed by atoms with Gasteiger partial charge in [0.1, 0.15) is 0 Å². The summed E-state index contributed by atoms with van der Waals surface area (Å²) in [6, 6.07) is 71.4. The molecule has 0 saturated heterocycles. The molecule has 0 amide bonds. The number of rotatable bonds is 7. The van der Waals surface area contributed by atoms with Crippen molar-refractivity contribution >= 4 is 21.8 Å². The van der Waals surface area contributed by atoms with Gasteiger partial charge in [-0.3, -0.25) is 0 Å². The van der Waals surface area contributed by atoms with Crippen LogP contribution >= 0.6 is 0 Å². The monoisotopic (exact) mass is 776 g/mol. The molecule has 0 radical (unpaired) electrons. The highest BCUT2D eigenvalue weighted by atomic mass is 15.0. The Morgan fingerprint density at radius 1 is 0.344 bits per heavy atom. The fourth-order valence-corrected chi connectivity index (χ4v) is 8.14. The molecule has 0 aliphatic heterocycles. The van der Waals surface area contributed by atoms with Crippen molar-refractivity contribution in [1.82, 2.24) is 14.5 Å². The topological polar surface area (TPSA) is 102 Å². The molecule has 6 nitrogen and oxygen atoms in total. The van der Waals surface area contributed by atoms with Gasteiger partial charge in [0.2, 0.25) is 0 Å². The van der Waals surface area contributed by atoms with Gasteiger partial charge in [0.15, 0.2) is 5.82 Å². The van der Waals surface area contributed by atoms with Crippen LogP contribution < -0.4 is 0 Å². The maximum Gasteiger partial charge on any atom is 0.160 e. The summed E-state index contributed by atoms with van der Waals surface area (Å²) in [4.78, 5) is 10.5. The molecule has 0 aliphatic carbocycles. The van der Waals surface area contributed by atoms with Crippen molar-refractivity contribution in [3.05, 3.63) is 211 Å². The first-order valence-electron chi connectivity index (χ1n) is 19.8. The molecule has 0 bridgehead atoms. The quantitative estimate of drug-likeness (QED) is 0.160. The first kappa shape index (κ1) is 36.5. The first-order valence-corrected chi connectivity index (χ1v) is 19.8. The fourth-order valence-electron chi connectivity index (χ4n) is 8.14. The van der Waals surface area contributed by atoms with E-state index in [4.69, 9.17) is 9.97 Å². The second kappa shape index (κ2) is 15.5. The van der Waals surface area contributed by atoms with Crippen molar-refractivity contribution in [2.45, 2.75) is 0 Å². The molecule has 0 N–H and O–H groups in total. The second-order valence-electron chi connectivity index (χ2n) is 14.8. The van der Waals surface area contributed by atoms with Crippen molar-refractivity contribution in [2.24, 2.45) is 0 Å². The average Bonchev–Trinajstić information content (AvgIpc) is 3.67. The molecule has 0 spiro atoms. The van der Waals surface area contributed by atoms with Crippen LogP contribution in [0.1, 0.15) is 16.7 Å². The summed E-state index contributed by atoms with van der Waals surface area (Å²) < 4.78 is 2.32. The molecule has 0 fully saturated rings. The third-order valence-electron chi connectivity index (χ3n) is 11.1. The van der Waals surface area contributed by atoms with Gasteiger partial charge in [-0.15, -0.1) is 0 Å². The third-order valence-corrected chi connectivity index (χ3v) is 11.1. The Morgan fingerprint density at radius 2 is 0.836 bits per heavy atom. The number of para-hydroxylation sites is 1. The van der Waals surface area contributed by atoms with Gasteiger partial charge in [0.25, 0.3) is 0 Å². The highest BCUT2D eigenvalue weighted by molar-refractivity contribution is 6.12. The summed E-state index contributed by atoms with van der Waals surface area (Å²) in [5.41, 5.74) is 14.6. The zero-order valence-electron chi connectivity index (χ0n) is 32.7. The lowest BCUT2D eigenvalue weighted by Crippen LogP contribution is -2.03. The van der Waals surface area contributed by atoms with Crippen LogP contribution in [0.25, 0.3) is 94.8 Å². The van der Waals surface area contributed by atoms with Gasteiger partial charge in [0, 0.05) is 38.6 Å². The van der Waals surface area contributed by atoms with Crippen LogP contribution in [0.4, 0.5) is 0 Å². The standard InChI is InChI=1S/C55H32N6/c56-33-36-18-22-39(23-19-36)47-30-45(55-59-50(41-11-3-1-4-12-41)32-51(60-55)42-13-5-2-6-14-42)31-48(40-24-20-37(34-57)21-25-40)54(47)61-52-17-8-7-16-46(52)49-29-44(26-27-53(49)61)43-15-9-10-38(28-43)35-58/h1-32H. The Kier molecular flexibility index (Phi) is 9.24. The second-order valence-corrected chi connectivity index (χ2v) is 14.8. The molecule has 8 aromatic carbocycles. The summed E-state index contributed by atoms with van der Waals surface area (Å²) in [5, 5.41) is 31.5. The highest BCUT2D eigenvalue weighted by Crippen LogP contribution is 2.44. The van der Waals surface area contributed by atoms with Crippen LogP contribution in [0.15, 0.2) is 194 Å². The van der Waals surface area contributed by atoms with Gasteiger partial charge in [-0.25, -0.2) is 9.97 Å². The van der Waals surface area contributed by atoms with Crippen molar-refractivity contribution < 1.29 is 0 Å². The Labute approximate surface area is 352 Å². The van der Waals surface area contributed by atoms with Crippen LogP contribution in [0.5, 0.6) is 0 Å². The molecule has 2 heterocycles. The van der Waals surface area contributed by atoms with Crippen LogP contribution in [-0.4, -0.2) is 14.5 Å². The third kappa shape index (κ3) is 6.75. The van der Waals surface area contributed by atoms with Crippen LogP contribution in [0, 0.1) is 34.0 Å². The first-order chi connectivity index (χ1) is 30.1. The lowest BCUT2D eigenvalue weighted by Gasteiger charge is -2.21. The smallest absolute Gasteiger partial charge is 0.160 e. The molecule has 61 heavy (non-hydrogen) atoms. The van der Waals surface area contributed by atoms with Gasteiger partial charge in [0.05, 0.1) is 63.0 Å². The maximum atomic E-state index is 9.83. The van der Waals surface area contributed by atoms with Crippen molar-refractivity contribution in [1.29, 1.82) is 15.8 Å². The van der Waals surface area contributed by atoms with Crippen molar-refractivity contribution in [2.75, 3.05) is 0 Å². The minimum atomic E-state index is 0.558. The van der Waals surface area contributed by atoms with E-state index in [1.807, 2.05) is 115 Å². The van der Waals surface area contributed by atoms with E-state index in [1.165, 1.54) is 0 Å². The molecule has 10 rings (SSSR count). The van der Waals surface area contributed by atoms with E-state index in [1.54, 1.807) is 0 Å². The molecule has 0 aliphatic rings. The van der Waals surface area contributed by atoms with E-state index in [0.29, 0.717) is 22.5 Å². The maximum absolute atomic E-state index is 9.83. The minimum absolute atomic E-state index is 0.558. The molecule has 10 aromatic rings. The summed E-state index contributed by atoms with van der Waals surface area (Å²) in [6.45, 7) is 0. The zero-order valence-corrected chi connectivity index (χ0v) is 32.7. The highest BCUT2D eigenvalue weighted by Gasteiger charge is 2.23. The minimum Gasteiger partial charge on any atom is -0.308 e. The van der Waals surface area contributed by atoms with Crippen molar-refractivity contribution in [3.63, 3.8) is 0 Å². The van der Waals surface area contributed by atoms with E-state index in [-0.39, 0.29) is 0 Å². The Balaban J connectivity index is 1.31. The van der Waals surface area contributed by atoms with Crippen molar-refractivity contribution in [3.8, 4) is 91.2 Å². The summed E-state index contributed by atoms with van der Waals surface area (Å²) in [7, 11) is 0. The van der Waals surface area contributed by atoms with Gasteiger partial charge in [-0.2, -0.15) is 15.8 Å². The van der Waals surface area contributed by atoms with Crippen LogP contribution in [0.2, 0.25) is 0 Å². The number of aromatic nitrogens is 3. The van der Waals surface area contributed by atoms with E-state index >= 15 is 0 Å². The Bertz CT molecular complexity index is 3280. The molecule has 0 unspecified atom stereocenters. The Hall–Kier alpha value is -8.89. The van der Waals surface area contributed by atoms with Gasteiger partial charge < -0.3 is 4.57 Å². The van der Waals surface area contributed by atoms with E-state index in [0.717, 1.165) is 89.0 Å². The van der Waals surface area contributed by atoms with Gasteiger partial charge in [-0.1, -0.05) is 121 Å². The molecule has 0 saturated carbocycles. The average molecular weight is 777 g/mol. The van der Waals surface area contributed by atoms with E-state index < -0.39 is 0 Å². The van der Waals surface area contributed by atoms with Gasteiger partial charge >= 0.3 is 0 Å². The summed E-state index contributed by atoms with van der Waals surface area (Å²) in [6.07, 6.45) is 0. The normalized spacial score (nSPS) is 10.9. The molecular formula is C55H32N6. The van der Waals surface area contributed by atoms with Crippen LogP contribution in [-0.2, 0) is 0 Å². The number of nitriles is 3. The fraction of sp³-hybridized carbons (Fsp3) is 0. The number of fused-ring (bicyclic) bond motifs is 3. The lowest BCUT2D eigenvalue weighted by molar-refractivity contribution is 1.17. The zero-order chi connectivity index (χ0) is 41.3. The summed E-state index contributed by atoms with van der Waals surface area (Å²) >= 11 is 0. The number of nitrogens with zero attached hydrogens (tertiary/aromatic N) is 6. The van der Waals surface area contributed by atoms with E-state index in [9.17, 15) is 15.8 Å². The van der Waals surface area contributed by atoms with E-state index in [2.05, 4.69) is 102 Å². The van der Waals surface area contributed by atoms with Crippen LogP contribution in [0.3, 0.4) is 0 Å². The number of hydrogen-bond donors (Lipinski definition) is 0. The SMILES string of the molecule is N#Cc1ccc(-c2cc(-c3nc(-c4ccccc4)cc(-c4ccccc4)n3)cc(-c3ccc(C#N)cc3)c2-n2c3ccccc3c3cc(-c4cccc(C#N)c4)ccc32)cc1. The molecule has 2 aromatic heterocycles. The molecule has 282 valence electrons. The molecular weight excluding hydrogens is 745 g/mol. The number of hydrogen-bond acceptors (Lipinski definition) is 5. The summed E-state index contributed by atoms with van der Waals surface area (Å²) in [5.74, 6) is 0.558. The molecule has 0 atom stereocenters. The largest absolute Gasteiger partial charge is 0.308 e. The van der Waals surface area contributed by atoms with Gasteiger partial charge in [-0.05, 0) is 95.1 Å².